The first-order chi connectivity index (χ1) is 10.0. The van der Waals surface area contributed by atoms with Crippen LogP contribution in [0.5, 0.6) is 11.5 Å². The number of rotatable bonds is 4. The zero-order valence-electron chi connectivity index (χ0n) is 11.0. The summed E-state index contributed by atoms with van der Waals surface area (Å²) in [6.07, 6.45) is 5.95. The Balaban J connectivity index is 2.10. The number of nitro groups is 1. The molecule has 2 rings (SSSR count). The Kier molecular flexibility index (Phi) is 4.36. The Bertz CT molecular complexity index is 703. The van der Waals surface area contributed by atoms with Crippen molar-refractivity contribution in [2.45, 2.75) is 0 Å². The third-order valence-electron chi connectivity index (χ3n) is 2.79. The van der Waals surface area contributed by atoms with Crippen LogP contribution in [-0.4, -0.2) is 15.1 Å². The molecule has 0 amide bonds. The van der Waals surface area contributed by atoms with E-state index in [9.17, 15) is 20.3 Å². The molecule has 0 aliphatic carbocycles. The molecular formula is C16H13NO4. The van der Waals surface area contributed by atoms with E-state index < -0.39 is 4.92 Å². The molecule has 0 aliphatic rings. The van der Waals surface area contributed by atoms with Crippen molar-refractivity contribution >= 4 is 18.2 Å². The van der Waals surface area contributed by atoms with Gasteiger partial charge in [0.25, 0.3) is 0 Å². The maximum absolute atomic E-state index is 10.2. The summed E-state index contributed by atoms with van der Waals surface area (Å²) in [7, 11) is 0. The molecule has 21 heavy (non-hydrogen) atoms. The van der Waals surface area contributed by atoms with Gasteiger partial charge in [0.15, 0.2) is 11.5 Å². The van der Waals surface area contributed by atoms with Crippen LogP contribution in [0.2, 0.25) is 0 Å². The molecular weight excluding hydrogens is 270 g/mol. The monoisotopic (exact) mass is 283 g/mol. The van der Waals surface area contributed by atoms with Crippen LogP contribution in [0.3, 0.4) is 0 Å². The third kappa shape index (κ3) is 4.21. The molecule has 0 atom stereocenters. The zero-order valence-corrected chi connectivity index (χ0v) is 11.0. The van der Waals surface area contributed by atoms with Crippen molar-refractivity contribution in [2.75, 3.05) is 0 Å². The Labute approximate surface area is 121 Å². The number of aromatic hydroxyl groups is 2. The summed E-state index contributed by atoms with van der Waals surface area (Å²) in [6.45, 7) is 0. The molecule has 0 aromatic heterocycles. The van der Waals surface area contributed by atoms with Gasteiger partial charge in [-0.05, 0) is 28.8 Å². The van der Waals surface area contributed by atoms with Crippen molar-refractivity contribution in [3.05, 3.63) is 75.5 Å². The molecule has 5 nitrogen and oxygen atoms in total. The van der Waals surface area contributed by atoms with Crippen molar-refractivity contribution in [3.8, 4) is 11.5 Å². The standard InChI is InChI=1S/C16H13NO4/c18-15-8-7-14(11-16(15)19)6-5-12-1-3-13(4-2-12)9-10-17(20)21/h1-11,18-19H. The van der Waals surface area contributed by atoms with E-state index in [4.69, 9.17) is 0 Å². The van der Waals surface area contributed by atoms with Crippen LogP contribution >= 0.6 is 0 Å². The van der Waals surface area contributed by atoms with E-state index in [1.807, 2.05) is 18.2 Å². The molecule has 0 unspecified atom stereocenters. The van der Waals surface area contributed by atoms with Crippen LogP contribution in [0.4, 0.5) is 0 Å². The topological polar surface area (TPSA) is 83.6 Å². The minimum absolute atomic E-state index is 0.158. The smallest absolute Gasteiger partial charge is 0.235 e. The van der Waals surface area contributed by atoms with Crippen LogP contribution in [0.15, 0.2) is 48.7 Å². The predicted molar refractivity (Wildman–Crippen MR) is 81.2 cm³/mol. The van der Waals surface area contributed by atoms with Gasteiger partial charge in [0.2, 0.25) is 6.20 Å². The maximum atomic E-state index is 10.2. The van der Waals surface area contributed by atoms with Gasteiger partial charge in [-0.1, -0.05) is 42.5 Å². The number of hydrogen-bond donors (Lipinski definition) is 2. The van der Waals surface area contributed by atoms with Crippen molar-refractivity contribution in [1.29, 1.82) is 0 Å². The Morgan fingerprint density at radius 3 is 1.90 bits per heavy atom. The van der Waals surface area contributed by atoms with Gasteiger partial charge in [0.1, 0.15) is 0 Å². The Morgan fingerprint density at radius 1 is 0.810 bits per heavy atom. The van der Waals surface area contributed by atoms with Gasteiger partial charge in [-0.25, -0.2) is 0 Å². The first kappa shape index (κ1) is 14.3. The summed E-state index contributed by atoms with van der Waals surface area (Å²) in [5, 5.41) is 28.8. The van der Waals surface area contributed by atoms with E-state index in [0.717, 1.165) is 22.9 Å². The van der Waals surface area contributed by atoms with Crippen molar-refractivity contribution in [3.63, 3.8) is 0 Å². The molecule has 2 aromatic carbocycles. The molecule has 0 saturated heterocycles. The summed E-state index contributed by atoms with van der Waals surface area (Å²) in [6, 6.07) is 11.8. The van der Waals surface area contributed by atoms with Gasteiger partial charge in [-0.2, -0.15) is 0 Å². The van der Waals surface area contributed by atoms with E-state index in [2.05, 4.69) is 0 Å². The minimum atomic E-state index is -0.509. The quantitative estimate of drug-likeness (QED) is 0.389. The average molecular weight is 283 g/mol. The molecule has 2 N–H and O–H groups in total. The second-order valence-corrected chi connectivity index (χ2v) is 4.35. The van der Waals surface area contributed by atoms with E-state index >= 15 is 0 Å². The van der Waals surface area contributed by atoms with Crippen LogP contribution in [0.25, 0.3) is 18.2 Å². The third-order valence-corrected chi connectivity index (χ3v) is 2.79. The first-order valence-corrected chi connectivity index (χ1v) is 6.16. The van der Waals surface area contributed by atoms with E-state index in [1.54, 1.807) is 24.3 Å². The van der Waals surface area contributed by atoms with Gasteiger partial charge in [-0.3, -0.25) is 10.1 Å². The lowest BCUT2D eigenvalue weighted by Gasteiger charge is -1.99. The van der Waals surface area contributed by atoms with Gasteiger partial charge in [0.05, 0.1) is 4.92 Å². The lowest BCUT2D eigenvalue weighted by Crippen LogP contribution is -1.82. The highest BCUT2D eigenvalue weighted by Gasteiger charge is 1.98. The molecule has 0 radical (unpaired) electrons. The fraction of sp³-hybridized carbons (Fsp3) is 0. The Hall–Kier alpha value is -3.08. The second kappa shape index (κ2) is 6.38. The molecule has 0 bridgehead atoms. The molecule has 0 fully saturated rings. The largest absolute Gasteiger partial charge is 0.504 e. The SMILES string of the molecule is O=[N+]([O-])C=Cc1ccc(C=Cc2ccc(O)c(O)c2)cc1. The number of nitrogens with zero attached hydrogens (tertiary/aromatic N) is 1. The van der Waals surface area contributed by atoms with Crippen molar-refractivity contribution in [2.24, 2.45) is 0 Å². The molecule has 0 heterocycles. The predicted octanol–water partition coefficient (Wildman–Crippen LogP) is 3.52. The number of benzene rings is 2. The highest BCUT2D eigenvalue weighted by atomic mass is 16.6. The number of phenols is 2. The van der Waals surface area contributed by atoms with Crippen LogP contribution in [0, 0.1) is 10.1 Å². The lowest BCUT2D eigenvalue weighted by atomic mass is 10.1. The molecule has 2 aromatic rings. The first-order valence-electron chi connectivity index (χ1n) is 6.16. The van der Waals surface area contributed by atoms with Crippen molar-refractivity contribution < 1.29 is 15.1 Å². The summed E-state index contributed by atoms with van der Waals surface area (Å²) < 4.78 is 0. The van der Waals surface area contributed by atoms with Gasteiger partial charge < -0.3 is 10.2 Å². The summed E-state index contributed by atoms with van der Waals surface area (Å²) in [4.78, 5) is 9.71. The highest BCUT2D eigenvalue weighted by Crippen LogP contribution is 2.25. The summed E-state index contributed by atoms with van der Waals surface area (Å²) >= 11 is 0. The van der Waals surface area contributed by atoms with Crippen LogP contribution in [-0.2, 0) is 0 Å². The number of phenolic OH excluding ortho intramolecular Hbond substituents is 2. The van der Waals surface area contributed by atoms with Crippen LogP contribution < -0.4 is 0 Å². The summed E-state index contributed by atoms with van der Waals surface area (Å²) in [5.74, 6) is -0.327. The lowest BCUT2D eigenvalue weighted by molar-refractivity contribution is -0.400. The minimum Gasteiger partial charge on any atom is -0.504 e. The molecule has 0 saturated carbocycles. The molecule has 106 valence electrons. The maximum Gasteiger partial charge on any atom is 0.235 e. The Morgan fingerprint density at radius 2 is 1.33 bits per heavy atom. The molecule has 0 spiro atoms. The van der Waals surface area contributed by atoms with E-state index in [0.29, 0.717) is 0 Å². The average Bonchev–Trinajstić information content (AvgIpc) is 2.47. The zero-order chi connectivity index (χ0) is 15.2. The van der Waals surface area contributed by atoms with E-state index in [1.165, 1.54) is 18.2 Å². The molecule has 5 heteroatoms. The van der Waals surface area contributed by atoms with E-state index in [-0.39, 0.29) is 11.5 Å². The normalized spacial score (nSPS) is 11.2. The fourth-order valence-corrected chi connectivity index (χ4v) is 1.70. The summed E-state index contributed by atoms with van der Waals surface area (Å²) in [5.41, 5.74) is 2.41. The van der Waals surface area contributed by atoms with Gasteiger partial charge in [-0.15, -0.1) is 0 Å². The second-order valence-electron chi connectivity index (χ2n) is 4.35. The highest BCUT2D eigenvalue weighted by molar-refractivity contribution is 5.71. The van der Waals surface area contributed by atoms with Gasteiger partial charge in [0, 0.05) is 6.08 Å². The van der Waals surface area contributed by atoms with Gasteiger partial charge >= 0.3 is 0 Å². The number of hydrogen-bond acceptors (Lipinski definition) is 4. The fourth-order valence-electron chi connectivity index (χ4n) is 1.70. The van der Waals surface area contributed by atoms with Crippen LogP contribution in [0.1, 0.15) is 16.7 Å². The molecule has 0 aliphatic heterocycles. The van der Waals surface area contributed by atoms with Crippen molar-refractivity contribution in [1.82, 2.24) is 0 Å².